The number of nitro benzene ring substituents is 1. The quantitative estimate of drug-likeness (QED) is 0.481. The Hall–Kier alpha value is -2.10. The summed E-state index contributed by atoms with van der Waals surface area (Å²) in [7, 11) is 1.26. The van der Waals surface area contributed by atoms with Gasteiger partial charge >= 0.3 is 11.8 Å². The zero-order valence-electron chi connectivity index (χ0n) is 15.0. The van der Waals surface area contributed by atoms with Gasteiger partial charge in [0.15, 0.2) is 5.75 Å². The topological polar surface area (TPSA) is 131 Å². The molecule has 146 valence electrons. The average molecular weight is 391 g/mol. The van der Waals surface area contributed by atoms with E-state index >= 15 is 0 Å². The maximum Gasteiger partial charge on any atom is 0.407 e. The number of nitro groups is 1. The fourth-order valence-corrected chi connectivity index (χ4v) is 2.36. The highest BCUT2D eigenvalue weighted by atomic mass is 35.5. The molecule has 2 unspecified atom stereocenters. The minimum Gasteiger partial charge on any atom is -0.490 e. The highest BCUT2D eigenvalue weighted by Gasteiger charge is 2.26. The van der Waals surface area contributed by atoms with Gasteiger partial charge in [-0.3, -0.25) is 10.1 Å². The fourth-order valence-electron chi connectivity index (χ4n) is 2.09. The van der Waals surface area contributed by atoms with E-state index in [0.717, 1.165) is 6.07 Å². The van der Waals surface area contributed by atoms with Crippen molar-refractivity contribution >= 4 is 23.4 Å². The molecule has 1 aromatic carbocycles. The number of nitrogens with zero attached hydrogens (tertiary/aromatic N) is 1. The van der Waals surface area contributed by atoms with Crippen molar-refractivity contribution in [1.82, 2.24) is 5.32 Å². The number of benzene rings is 1. The summed E-state index contributed by atoms with van der Waals surface area (Å²) in [6.07, 6.45) is -3.46. The number of rotatable bonds is 7. The van der Waals surface area contributed by atoms with Crippen LogP contribution >= 0.6 is 11.6 Å². The molecule has 0 heterocycles. The van der Waals surface area contributed by atoms with Gasteiger partial charge in [0.05, 0.1) is 23.2 Å². The van der Waals surface area contributed by atoms with Crippen molar-refractivity contribution < 1.29 is 29.4 Å². The first-order chi connectivity index (χ1) is 12.0. The van der Waals surface area contributed by atoms with Gasteiger partial charge in [0.25, 0.3) is 0 Å². The van der Waals surface area contributed by atoms with Crippen LogP contribution in [0.4, 0.5) is 10.5 Å². The number of ether oxygens (including phenoxy) is 2. The van der Waals surface area contributed by atoms with E-state index in [1.54, 1.807) is 20.8 Å². The Bertz CT molecular complexity index is 661. The zero-order valence-corrected chi connectivity index (χ0v) is 15.7. The molecule has 0 aliphatic carbocycles. The molecule has 0 bridgehead atoms. The van der Waals surface area contributed by atoms with E-state index in [4.69, 9.17) is 21.1 Å². The number of amides is 1. The van der Waals surface area contributed by atoms with Gasteiger partial charge in [-0.05, 0) is 27.2 Å². The largest absolute Gasteiger partial charge is 0.490 e. The van der Waals surface area contributed by atoms with E-state index in [1.807, 2.05) is 0 Å². The van der Waals surface area contributed by atoms with Crippen molar-refractivity contribution in [3.05, 3.63) is 32.8 Å². The molecule has 1 aromatic rings. The summed E-state index contributed by atoms with van der Waals surface area (Å²) < 4.78 is 9.93. The molecule has 3 N–H and O–H groups in total. The number of carbonyl (C=O) groups excluding carboxylic acids is 1. The molecule has 0 aliphatic heterocycles. The van der Waals surface area contributed by atoms with Crippen LogP contribution in [0.3, 0.4) is 0 Å². The Balaban J connectivity index is 2.76. The molecule has 0 saturated carbocycles. The number of carbonyl (C=O) groups is 1. The predicted octanol–water partition coefficient (Wildman–Crippen LogP) is 2.57. The van der Waals surface area contributed by atoms with Gasteiger partial charge in [0, 0.05) is 24.2 Å². The molecule has 1 rings (SSSR count). The second-order valence-corrected chi connectivity index (χ2v) is 6.94. The van der Waals surface area contributed by atoms with Crippen LogP contribution in [0.5, 0.6) is 5.75 Å². The van der Waals surface area contributed by atoms with Crippen molar-refractivity contribution in [2.45, 2.75) is 45.0 Å². The Morgan fingerprint density at radius 3 is 2.50 bits per heavy atom. The molecular formula is C16H23ClN2O7. The Labute approximate surface area is 156 Å². The smallest absolute Gasteiger partial charge is 0.407 e. The molecule has 0 fully saturated rings. The fraction of sp³-hybridized carbons (Fsp3) is 0.562. The summed E-state index contributed by atoms with van der Waals surface area (Å²) in [5.74, 6) is -0.0583. The molecule has 0 aromatic heterocycles. The average Bonchev–Trinajstić information content (AvgIpc) is 2.51. The molecule has 1 amide bonds. The standard InChI is InChI=1S/C16H23ClN2O7/c1-16(2,3)26-15(22)18-6-5-12(20)14(21)9-7-11(19(23)24)13(25-4)8-10(9)17/h7-8,12,14,20-21H,5-6H2,1-4H3,(H,18,22). The third-order valence-corrected chi connectivity index (χ3v) is 3.61. The molecule has 9 nitrogen and oxygen atoms in total. The number of aliphatic hydroxyl groups is 2. The van der Waals surface area contributed by atoms with E-state index in [2.05, 4.69) is 5.32 Å². The van der Waals surface area contributed by atoms with E-state index < -0.39 is 28.8 Å². The third-order valence-electron chi connectivity index (χ3n) is 3.29. The van der Waals surface area contributed by atoms with E-state index in [0.29, 0.717) is 0 Å². The normalized spacial score (nSPS) is 13.7. The molecule has 0 aliphatic rings. The van der Waals surface area contributed by atoms with Crippen molar-refractivity contribution in [3.8, 4) is 5.75 Å². The van der Waals surface area contributed by atoms with Crippen molar-refractivity contribution in [2.24, 2.45) is 0 Å². The Morgan fingerprint density at radius 2 is 2.00 bits per heavy atom. The molecule has 26 heavy (non-hydrogen) atoms. The highest BCUT2D eigenvalue weighted by Crippen LogP contribution is 2.36. The van der Waals surface area contributed by atoms with Crippen LogP contribution in [-0.4, -0.2) is 46.6 Å². The minimum absolute atomic E-state index is 0.0102. The van der Waals surface area contributed by atoms with Gasteiger partial charge in [-0.1, -0.05) is 11.6 Å². The van der Waals surface area contributed by atoms with Crippen molar-refractivity contribution in [1.29, 1.82) is 0 Å². The first-order valence-corrected chi connectivity index (χ1v) is 8.19. The van der Waals surface area contributed by atoms with E-state index in [-0.39, 0.29) is 35.0 Å². The Kier molecular flexibility index (Phi) is 7.61. The number of alkyl carbamates (subject to hydrolysis) is 1. The van der Waals surface area contributed by atoms with Gasteiger partial charge in [-0.2, -0.15) is 0 Å². The van der Waals surface area contributed by atoms with Gasteiger partial charge in [0.1, 0.15) is 11.7 Å². The van der Waals surface area contributed by atoms with Crippen LogP contribution < -0.4 is 10.1 Å². The van der Waals surface area contributed by atoms with E-state index in [1.165, 1.54) is 13.2 Å². The van der Waals surface area contributed by atoms with Crippen LogP contribution in [-0.2, 0) is 4.74 Å². The number of methoxy groups -OCH3 is 1. The highest BCUT2D eigenvalue weighted by molar-refractivity contribution is 6.31. The summed E-state index contributed by atoms with van der Waals surface area (Å²) in [5, 5.41) is 33.9. The molecule has 0 radical (unpaired) electrons. The number of hydrogen-bond donors (Lipinski definition) is 3. The van der Waals surface area contributed by atoms with Gasteiger partial charge < -0.3 is 25.0 Å². The summed E-state index contributed by atoms with van der Waals surface area (Å²) >= 11 is 6.02. The van der Waals surface area contributed by atoms with Crippen molar-refractivity contribution in [2.75, 3.05) is 13.7 Å². The van der Waals surface area contributed by atoms with Crippen molar-refractivity contribution in [3.63, 3.8) is 0 Å². The van der Waals surface area contributed by atoms with Crippen LogP contribution in [0.15, 0.2) is 12.1 Å². The predicted molar refractivity (Wildman–Crippen MR) is 94.5 cm³/mol. The lowest BCUT2D eigenvalue weighted by atomic mass is 10.0. The van der Waals surface area contributed by atoms with Crippen LogP contribution in [0, 0.1) is 10.1 Å². The number of hydrogen-bond acceptors (Lipinski definition) is 7. The van der Waals surface area contributed by atoms with E-state index in [9.17, 15) is 25.1 Å². The zero-order chi connectivity index (χ0) is 20.1. The van der Waals surface area contributed by atoms with Crippen LogP contribution in [0.25, 0.3) is 0 Å². The second-order valence-electron chi connectivity index (χ2n) is 6.53. The summed E-state index contributed by atoms with van der Waals surface area (Å²) in [4.78, 5) is 21.9. The summed E-state index contributed by atoms with van der Waals surface area (Å²) in [6.45, 7) is 5.17. The van der Waals surface area contributed by atoms with Gasteiger partial charge in [-0.15, -0.1) is 0 Å². The number of halogens is 1. The molecule has 0 saturated heterocycles. The maximum atomic E-state index is 11.5. The maximum absolute atomic E-state index is 11.5. The first-order valence-electron chi connectivity index (χ1n) is 7.81. The van der Waals surface area contributed by atoms with Gasteiger partial charge in [-0.25, -0.2) is 4.79 Å². The lowest BCUT2D eigenvalue weighted by Gasteiger charge is -2.21. The second kappa shape index (κ2) is 9.02. The summed E-state index contributed by atoms with van der Waals surface area (Å²) in [6, 6.07) is 2.25. The first kappa shape index (κ1) is 21.9. The minimum atomic E-state index is -1.48. The summed E-state index contributed by atoms with van der Waals surface area (Å²) in [5.41, 5.74) is -1.05. The molecule has 0 spiro atoms. The molecule has 10 heteroatoms. The SMILES string of the molecule is COc1cc(Cl)c(C(O)C(O)CCNC(=O)OC(C)(C)C)cc1[N+](=O)[O-]. The lowest BCUT2D eigenvalue weighted by molar-refractivity contribution is -0.385. The van der Waals surface area contributed by atoms with Crippen LogP contribution in [0.2, 0.25) is 5.02 Å². The molecule has 2 atom stereocenters. The van der Waals surface area contributed by atoms with Crippen LogP contribution in [0.1, 0.15) is 38.9 Å². The Morgan fingerprint density at radius 1 is 1.38 bits per heavy atom. The third kappa shape index (κ3) is 6.32. The molecular weight excluding hydrogens is 368 g/mol. The van der Waals surface area contributed by atoms with Gasteiger partial charge in [0.2, 0.25) is 0 Å². The number of aliphatic hydroxyl groups excluding tert-OH is 2. The number of nitrogens with one attached hydrogen (secondary N) is 1. The monoisotopic (exact) mass is 390 g/mol. The lowest BCUT2D eigenvalue weighted by Crippen LogP contribution is -2.34.